The number of carbonyl (C=O) groups excluding carboxylic acids is 4. The number of aliphatic hydroxyl groups is 1. The molecule has 0 heterocycles. The minimum atomic E-state index is -4.96. The second kappa shape index (κ2) is 68.2. The van der Waals surface area contributed by atoms with Crippen LogP contribution in [0.4, 0.5) is 0 Å². The van der Waals surface area contributed by atoms with Crippen molar-refractivity contribution in [3.05, 3.63) is 0 Å². The first-order chi connectivity index (χ1) is 47.1. The summed E-state index contributed by atoms with van der Waals surface area (Å²) in [6.45, 7) is 14.2. The number of esters is 4. The van der Waals surface area contributed by atoms with Crippen molar-refractivity contribution < 1.29 is 80.2 Å². The van der Waals surface area contributed by atoms with Crippen LogP contribution in [-0.4, -0.2) is 96.7 Å². The maximum Gasteiger partial charge on any atom is 0.472 e. The van der Waals surface area contributed by atoms with E-state index in [0.29, 0.717) is 31.6 Å². The van der Waals surface area contributed by atoms with Gasteiger partial charge < -0.3 is 33.8 Å². The van der Waals surface area contributed by atoms with Crippen molar-refractivity contribution in [3.8, 4) is 0 Å². The van der Waals surface area contributed by atoms with E-state index in [1.807, 2.05) is 0 Å². The SMILES string of the molecule is CCC(C)CCCCCCCCCCCCCCCCCCCCC(=O)O[C@H](COC(=O)CCCCCCCCCC(C)C)COP(=O)(O)OCC(O)COP(=O)(O)OC[C@@H](COC(=O)CCCCCCCCCCC(C)C)OC(=O)CCCCCCCCCCCCCCC(C)C. The molecule has 0 radical (unpaired) electrons. The quantitative estimate of drug-likeness (QED) is 0.0222. The summed E-state index contributed by atoms with van der Waals surface area (Å²) in [5.41, 5.74) is 0. The predicted molar refractivity (Wildman–Crippen MR) is 400 cm³/mol. The van der Waals surface area contributed by atoms with E-state index in [4.69, 9.17) is 37.0 Å². The van der Waals surface area contributed by atoms with Gasteiger partial charge in [-0.3, -0.25) is 37.3 Å². The number of phosphoric ester groups is 2. The molecule has 0 rings (SSSR count). The highest BCUT2D eigenvalue weighted by Crippen LogP contribution is 2.45. The summed E-state index contributed by atoms with van der Waals surface area (Å²) >= 11 is 0. The molecule has 19 heteroatoms. The minimum Gasteiger partial charge on any atom is -0.462 e. The Labute approximate surface area is 600 Å². The predicted octanol–water partition coefficient (Wildman–Crippen LogP) is 23.2. The fourth-order valence-electron chi connectivity index (χ4n) is 12.0. The molecule has 0 aromatic rings. The molecule has 0 saturated carbocycles. The number of phosphoric acid groups is 2. The molecule has 0 aliphatic heterocycles. The van der Waals surface area contributed by atoms with Gasteiger partial charge in [0.1, 0.15) is 19.3 Å². The first kappa shape index (κ1) is 96.1. The van der Waals surface area contributed by atoms with Crippen molar-refractivity contribution in [2.45, 2.75) is 420 Å². The summed E-state index contributed by atoms with van der Waals surface area (Å²) in [5, 5.41) is 10.6. The number of carbonyl (C=O) groups is 4. The van der Waals surface area contributed by atoms with Crippen LogP contribution in [0.1, 0.15) is 402 Å². The van der Waals surface area contributed by atoms with Crippen molar-refractivity contribution >= 4 is 39.5 Å². The van der Waals surface area contributed by atoms with Crippen molar-refractivity contribution in [3.63, 3.8) is 0 Å². The van der Waals surface area contributed by atoms with Gasteiger partial charge in [0, 0.05) is 25.7 Å². The van der Waals surface area contributed by atoms with Crippen LogP contribution in [0.25, 0.3) is 0 Å². The minimum absolute atomic E-state index is 0.106. The van der Waals surface area contributed by atoms with E-state index in [2.05, 4.69) is 55.4 Å². The average Bonchev–Trinajstić information content (AvgIpc) is 1.03. The largest absolute Gasteiger partial charge is 0.472 e. The van der Waals surface area contributed by atoms with Crippen molar-refractivity contribution in [2.75, 3.05) is 39.6 Å². The van der Waals surface area contributed by atoms with Crippen LogP contribution in [0.15, 0.2) is 0 Å². The molecule has 0 aromatic carbocycles. The van der Waals surface area contributed by atoms with Crippen LogP contribution in [0.3, 0.4) is 0 Å². The highest BCUT2D eigenvalue weighted by Gasteiger charge is 2.30. The summed E-state index contributed by atoms with van der Waals surface area (Å²) in [7, 11) is -9.92. The molecule has 0 saturated heterocycles. The summed E-state index contributed by atoms with van der Waals surface area (Å²) in [4.78, 5) is 72.9. The zero-order valence-corrected chi connectivity index (χ0v) is 66.2. The zero-order valence-electron chi connectivity index (χ0n) is 64.4. The fraction of sp³-hybridized carbons (Fsp3) is 0.949. The second-order valence-corrected chi connectivity index (χ2v) is 33.0. The van der Waals surface area contributed by atoms with E-state index in [0.717, 1.165) is 114 Å². The van der Waals surface area contributed by atoms with Gasteiger partial charge in [-0.1, -0.05) is 351 Å². The monoisotopic (exact) mass is 1440 g/mol. The van der Waals surface area contributed by atoms with E-state index < -0.39 is 97.5 Å². The van der Waals surface area contributed by atoms with Gasteiger partial charge in [-0.25, -0.2) is 9.13 Å². The molecule has 4 unspecified atom stereocenters. The van der Waals surface area contributed by atoms with E-state index in [9.17, 15) is 43.2 Å². The zero-order chi connectivity index (χ0) is 72.4. The van der Waals surface area contributed by atoms with Gasteiger partial charge in [0.15, 0.2) is 12.2 Å². The number of hydrogen-bond donors (Lipinski definition) is 3. The van der Waals surface area contributed by atoms with E-state index in [1.165, 1.54) is 199 Å². The van der Waals surface area contributed by atoms with Crippen LogP contribution in [0, 0.1) is 23.7 Å². The van der Waals surface area contributed by atoms with Gasteiger partial charge in [0.25, 0.3) is 0 Å². The number of hydrogen-bond acceptors (Lipinski definition) is 15. The highest BCUT2D eigenvalue weighted by molar-refractivity contribution is 7.47. The standard InChI is InChI=1S/C79H154O17P2/c1-9-72(8)58-50-42-34-25-21-16-14-12-10-11-13-15-17-22-26-36-45-53-61-78(83)96-75(66-90-77(82)60-52-44-38-30-33-41-49-57-71(6)7)68-94-98(87,88)92-64-73(80)63-91-97(85,86)93-67-74(65-89-76(81)59-51-43-35-29-28-32-40-48-56-70(4)5)95-79(84)62-54-46-37-27-23-19-18-20-24-31-39-47-55-69(2)3/h69-75,80H,9-68H2,1-8H3,(H,85,86)(H,87,88)/t72?,73?,74-,75-/m1/s1. The second-order valence-electron chi connectivity index (χ2n) is 30.1. The molecular formula is C79H154O17P2. The van der Waals surface area contributed by atoms with Gasteiger partial charge in [-0.2, -0.15) is 0 Å². The summed E-state index contributed by atoms with van der Waals surface area (Å²) in [6.07, 6.45) is 54.3. The topological polar surface area (TPSA) is 237 Å². The van der Waals surface area contributed by atoms with Crippen LogP contribution in [0.2, 0.25) is 0 Å². The average molecular weight is 1440 g/mol. The van der Waals surface area contributed by atoms with Gasteiger partial charge in [-0.15, -0.1) is 0 Å². The lowest BCUT2D eigenvalue weighted by molar-refractivity contribution is -0.161. The molecule has 0 aromatic heterocycles. The molecule has 0 fully saturated rings. The van der Waals surface area contributed by atoms with Gasteiger partial charge in [0.2, 0.25) is 0 Å². The van der Waals surface area contributed by atoms with E-state index in [-0.39, 0.29) is 25.7 Å². The Morgan fingerprint density at radius 1 is 0.286 bits per heavy atom. The molecule has 17 nitrogen and oxygen atoms in total. The molecule has 6 atom stereocenters. The van der Waals surface area contributed by atoms with Gasteiger partial charge in [-0.05, 0) is 49.4 Å². The summed E-state index contributed by atoms with van der Waals surface area (Å²) < 4.78 is 68.6. The Morgan fingerprint density at radius 2 is 0.490 bits per heavy atom. The molecule has 3 N–H and O–H groups in total. The van der Waals surface area contributed by atoms with Crippen LogP contribution >= 0.6 is 15.6 Å². The number of rotatable bonds is 76. The van der Waals surface area contributed by atoms with Crippen molar-refractivity contribution in [1.82, 2.24) is 0 Å². The number of aliphatic hydroxyl groups excluding tert-OH is 1. The van der Waals surface area contributed by atoms with E-state index >= 15 is 0 Å². The third-order valence-corrected chi connectivity index (χ3v) is 20.6. The third-order valence-electron chi connectivity index (χ3n) is 18.7. The third kappa shape index (κ3) is 71.1. The molecular weight excluding hydrogens is 1280 g/mol. The first-order valence-electron chi connectivity index (χ1n) is 40.7. The van der Waals surface area contributed by atoms with Crippen molar-refractivity contribution in [2.24, 2.45) is 23.7 Å². The number of unbranched alkanes of at least 4 members (excludes halogenated alkanes) is 41. The molecule has 0 aliphatic carbocycles. The molecule has 0 spiro atoms. The van der Waals surface area contributed by atoms with Crippen LogP contribution < -0.4 is 0 Å². The molecule has 98 heavy (non-hydrogen) atoms. The lowest BCUT2D eigenvalue weighted by Gasteiger charge is -2.21. The Bertz CT molecular complexity index is 1920. The number of ether oxygens (including phenoxy) is 4. The molecule has 0 bridgehead atoms. The molecule has 582 valence electrons. The normalized spacial score (nSPS) is 14.3. The lowest BCUT2D eigenvalue weighted by atomic mass is 9.99. The highest BCUT2D eigenvalue weighted by atomic mass is 31.2. The van der Waals surface area contributed by atoms with E-state index in [1.54, 1.807) is 0 Å². The Balaban J connectivity index is 5.18. The van der Waals surface area contributed by atoms with Crippen LogP contribution in [0.5, 0.6) is 0 Å². The fourth-order valence-corrected chi connectivity index (χ4v) is 13.6. The first-order valence-corrected chi connectivity index (χ1v) is 43.7. The smallest absolute Gasteiger partial charge is 0.462 e. The summed E-state index contributed by atoms with van der Waals surface area (Å²) in [6, 6.07) is 0. The van der Waals surface area contributed by atoms with Crippen molar-refractivity contribution in [1.29, 1.82) is 0 Å². The van der Waals surface area contributed by atoms with Gasteiger partial charge >= 0.3 is 39.5 Å². The molecule has 0 amide bonds. The maximum atomic E-state index is 13.1. The Morgan fingerprint density at radius 3 is 0.724 bits per heavy atom. The maximum absolute atomic E-state index is 13.1. The summed E-state index contributed by atoms with van der Waals surface area (Å²) in [5.74, 6) is 0.960. The lowest BCUT2D eigenvalue weighted by Crippen LogP contribution is -2.30. The van der Waals surface area contributed by atoms with Gasteiger partial charge in [0.05, 0.1) is 26.4 Å². The Hall–Kier alpha value is -1.94. The van der Waals surface area contributed by atoms with Crippen LogP contribution in [-0.2, 0) is 65.4 Å². The molecule has 0 aliphatic rings. The Kier molecular flexibility index (Phi) is 66.8.